The Bertz CT molecular complexity index is 401. The molecule has 3 N–H and O–H groups in total. The molecule has 0 aliphatic heterocycles. The molecular weight excluding hydrogens is 289 g/mol. The molecule has 1 saturated carbocycles. The van der Waals surface area contributed by atoms with Crippen LogP contribution in [0.2, 0.25) is 0 Å². The summed E-state index contributed by atoms with van der Waals surface area (Å²) < 4.78 is 38.2. The van der Waals surface area contributed by atoms with Crippen molar-refractivity contribution >= 4 is 12.0 Å². The zero-order chi connectivity index (χ0) is 16.3. The highest BCUT2D eigenvalue weighted by atomic mass is 19.4. The summed E-state index contributed by atoms with van der Waals surface area (Å²) >= 11 is 0. The number of halogens is 3. The lowest BCUT2D eigenvalue weighted by molar-refractivity contribution is -0.203. The molecule has 0 aromatic heterocycles. The number of carbonyl (C=O) groups excluding carboxylic acids is 1. The van der Waals surface area contributed by atoms with Gasteiger partial charge in [0.05, 0.1) is 0 Å². The van der Waals surface area contributed by atoms with Gasteiger partial charge < -0.3 is 15.7 Å². The molecule has 3 atom stereocenters. The second-order valence-electron chi connectivity index (χ2n) is 5.78. The number of rotatable bonds is 4. The first-order valence-corrected chi connectivity index (χ1v) is 6.94. The highest BCUT2D eigenvalue weighted by Crippen LogP contribution is 2.31. The molecule has 5 nitrogen and oxygen atoms in total. The smallest absolute Gasteiger partial charge is 0.422 e. The summed E-state index contributed by atoms with van der Waals surface area (Å²) in [6.45, 7) is 2.72. The molecule has 21 heavy (non-hydrogen) atoms. The molecule has 0 radical (unpaired) electrons. The summed E-state index contributed by atoms with van der Waals surface area (Å²) in [6.07, 6.45) is -0.975. The van der Waals surface area contributed by atoms with Gasteiger partial charge in [0.15, 0.2) is 0 Å². The normalized spacial score (nSPS) is 25.8. The third kappa shape index (κ3) is 4.25. The van der Waals surface area contributed by atoms with Gasteiger partial charge in [0.25, 0.3) is 0 Å². The van der Waals surface area contributed by atoms with Crippen molar-refractivity contribution in [3.8, 4) is 0 Å². The Hall–Kier alpha value is -1.47. The molecule has 0 aromatic carbocycles. The highest BCUT2D eigenvalue weighted by molar-refractivity contribution is 5.86. The van der Waals surface area contributed by atoms with Crippen LogP contribution in [0.15, 0.2) is 0 Å². The molecule has 0 heterocycles. The van der Waals surface area contributed by atoms with E-state index in [1.165, 1.54) is 5.32 Å². The fourth-order valence-corrected chi connectivity index (χ4v) is 2.44. The first kappa shape index (κ1) is 17.6. The van der Waals surface area contributed by atoms with Crippen molar-refractivity contribution < 1.29 is 27.9 Å². The Morgan fingerprint density at radius 3 is 2.29 bits per heavy atom. The summed E-state index contributed by atoms with van der Waals surface area (Å²) in [6, 6.07) is -1.12. The van der Waals surface area contributed by atoms with Gasteiger partial charge in [-0.15, -0.1) is 0 Å². The van der Waals surface area contributed by atoms with E-state index >= 15 is 0 Å². The van der Waals surface area contributed by atoms with E-state index in [1.54, 1.807) is 0 Å². The minimum absolute atomic E-state index is 0.214. The Balaban J connectivity index is 2.57. The Kier molecular flexibility index (Phi) is 5.47. The molecule has 0 bridgehead atoms. The van der Waals surface area contributed by atoms with E-state index in [2.05, 4.69) is 5.32 Å². The number of carbonyl (C=O) groups is 2. The van der Waals surface area contributed by atoms with Gasteiger partial charge >= 0.3 is 18.2 Å². The van der Waals surface area contributed by atoms with Crippen LogP contribution in [0.5, 0.6) is 0 Å². The largest absolute Gasteiger partial charge is 0.479 e. The fraction of sp³-hybridized carbons (Fsp3) is 0.846. The Labute approximate surface area is 121 Å². The summed E-state index contributed by atoms with van der Waals surface area (Å²) in [4.78, 5) is 22.4. The lowest BCUT2D eigenvalue weighted by Gasteiger charge is -2.31. The molecule has 1 aliphatic rings. The third-order valence-electron chi connectivity index (χ3n) is 4.17. The van der Waals surface area contributed by atoms with Crippen molar-refractivity contribution in [1.82, 2.24) is 10.6 Å². The molecule has 3 unspecified atom stereocenters. The van der Waals surface area contributed by atoms with Crippen molar-refractivity contribution in [2.24, 2.45) is 11.8 Å². The van der Waals surface area contributed by atoms with Crippen LogP contribution in [0.3, 0.4) is 0 Å². The highest BCUT2D eigenvalue weighted by Gasteiger charge is 2.58. The zero-order valence-electron chi connectivity index (χ0n) is 12.1. The van der Waals surface area contributed by atoms with Crippen LogP contribution in [-0.4, -0.2) is 35.4 Å². The van der Waals surface area contributed by atoms with Crippen molar-refractivity contribution in [3.05, 3.63) is 0 Å². The summed E-state index contributed by atoms with van der Waals surface area (Å²) in [5.74, 6) is -1.53. The van der Waals surface area contributed by atoms with Crippen molar-refractivity contribution in [2.75, 3.05) is 6.54 Å². The molecule has 8 heteroatoms. The van der Waals surface area contributed by atoms with Gasteiger partial charge in [-0.3, -0.25) is 0 Å². The van der Waals surface area contributed by atoms with Crippen LogP contribution in [0.1, 0.15) is 39.5 Å². The average molecular weight is 310 g/mol. The van der Waals surface area contributed by atoms with Gasteiger partial charge in [-0.05, 0) is 25.2 Å². The van der Waals surface area contributed by atoms with E-state index < -0.39 is 23.7 Å². The first-order valence-electron chi connectivity index (χ1n) is 6.94. The molecule has 1 fully saturated rings. The molecule has 2 amide bonds. The standard InChI is InChI=1S/C13H21F3N2O3/c1-8-5-3-4-6-9(8)7-17-11(21)18-12(2,10(19)20)13(14,15)16/h8-9H,3-7H2,1-2H3,(H,19,20)(H2,17,18,21). The summed E-state index contributed by atoms with van der Waals surface area (Å²) in [7, 11) is 0. The van der Waals surface area contributed by atoms with Crippen LogP contribution in [0.4, 0.5) is 18.0 Å². The Morgan fingerprint density at radius 2 is 1.81 bits per heavy atom. The van der Waals surface area contributed by atoms with E-state index in [-0.39, 0.29) is 12.5 Å². The van der Waals surface area contributed by atoms with Crippen LogP contribution in [0, 0.1) is 11.8 Å². The zero-order valence-corrected chi connectivity index (χ0v) is 12.1. The second kappa shape index (κ2) is 6.53. The second-order valence-corrected chi connectivity index (χ2v) is 5.78. The minimum atomic E-state index is -5.08. The van der Waals surface area contributed by atoms with Gasteiger partial charge in [-0.2, -0.15) is 13.2 Å². The quantitative estimate of drug-likeness (QED) is 0.746. The number of alkyl halides is 3. The minimum Gasteiger partial charge on any atom is -0.479 e. The van der Waals surface area contributed by atoms with E-state index in [9.17, 15) is 22.8 Å². The monoisotopic (exact) mass is 310 g/mol. The van der Waals surface area contributed by atoms with E-state index in [0.717, 1.165) is 25.7 Å². The van der Waals surface area contributed by atoms with Gasteiger partial charge in [-0.1, -0.05) is 26.2 Å². The molecule has 0 saturated heterocycles. The van der Waals surface area contributed by atoms with Gasteiger partial charge in [-0.25, -0.2) is 9.59 Å². The van der Waals surface area contributed by atoms with Crippen molar-refractivity contribution in [2.45, 2.75) is 51.2 Å². The number of hydrogen-bond donors (Lipinski definition) is 3. The van der Waals surface area contributed by atoms with Crippen LogP contribution < -0.4 is 10.6 Å². The van der Waals surface area contributed by atoms with Crippen LogP contribution in [0.25, 0.3) is 0 Å². The van der Waals surface area contributed by atoms with E-state index in [0.29, 0.717) is 12.8 Å². The Morgan fingerprint density at radius 1 is 1.24 bits per heavy atom. The first-order chi connectivity index (χ1) is 9.58. The number of urea groups is 1. The number of carboxylic acids is 1. The van der Waals surface area contributed by atoms with E-state index in [1.807, 2.05) is 6.92 Å². The van der Waals surface area contributed by atoms with Crippen LogP contribution >= 0.6 is 0 Å². The van der Waals surface area contributed by atoms with Gasteiger partial charge in [0.1, 0.15) is 0 Å². The molecule has 122 valence electrons. The number of carboxylic acid groups (broad SMARTS) is 1. The predicted molar refractivity (Wildman–Crippen MR) is 69.8 cm³/mol. The van der Waals surface area contributed by atoms with Crippen molar-refractivity contribution in [1.29, 1.82) is 0 Å². The SMILES string of the molecule is CC1CCCCC1CNC(=O)NC(C)(C(=O)O)C(F)(F)F. The number of nitrogens with one attached hydrogen (secondary N) is 2. The number of hydrogen-bond acceptors (Lipinski definition) is 2. The lowest BCUT2D eigenvalue weighted by atomic mass is 9.80. The predicted octanol–water partition coefficient (Wildman–Crippen LogP) is 2.52. The van der Waals surface area contributed by atoms with Crippen molar-refractivity contribution in [3.63, 3.8) is 0 Å². The fourth-order valence-electron chi connectivity index (χ4n) is 2.44. The summed E-state index contributed by atoms with van der Waals surface area (Å²) in [5.41, 5.74) is -3.30. The maximum atomic E-state index is 12.7. The summed E-state index contributed by atoms with van der Waals surface area (Å²) in [5, 5.41) is 12.6. The third-order valence-corrected chi connectivity index (χ3v) is 4.17. The van der Waals surface area contributed by atoms with Gasteiger partial charge in [0.2, 0.25) is 5.54 Å². The molecule has 1 rings (SSSR count). The van der Waals surface area contributed by atoms with Gasteiger partial charge in [0, 0.05) is 6.54 Å². The average Bonchev–Trinajstić information content (AvgIpc) is 2.36. The molecule has 0 aromatic rings. The molecular formula is C13H21F3N2O3. The molecule has 0 spiro atoms. The number of amides is 2. The lowest BCUT2D eigenvalue weighted by Crippen LogP contribution is -2.63. The van der Waals surface area contributed by atoms with E-state index in [4.69, 9.17) is 5.11 Å². The maximum absolute atomic E-state index is 12.7. The topological polar surface area (TPSA) is 78.4 Å². The maximum Gasteiger partial charge on any atom is 0.422 e. The molecule has 1 aliphatic carbocycles. The van der Waals surface area contributed by atoms with Crippen LogP contribution in [-0.2, 0) is 4.79 Å². The number of aliphatic carboxylic acids is 1.